The van der Waals surface area contributed by atoms with Gasteiger partial charge in [0.25, 0.3) is 0 Å². The summed E-state index contributed by atoms with van der Waals surface area (Å²) in [5.74, 6) is 0.710. The van der Waals surface area contributed by atoms with E-state index in [4.69, 9.17) is 16.3 Å². The predicted molar refractivity (Wildman–Crippen MR) is 89.6 cm³/mol. The van der Waals surface area contributed by atoms with Crippen LogP contribution in [-0.4, -0.2) is 12.8 Å². The van der Waals surface area contributed by atoms with Gasteiger partial charge in [-0.3, -0.25) is 5.43 Å². The molecule has 0 aromatic heterocycles. The highest BCUT2D eigenvalue weighted by molar-refractivity contribution is 6.32. The number of hydrogen-bond acceptors (Lipinski definition) is 3. The molecule has 0 aliphatic rings. The Morgan fingerprint density at radius 2 is 1.95 bits per heavy atom. The number of nitrogens with one attached hydrogen (secondary N) is 1. The van der Waals surface area contributed by atoms with Gasteiger partial charge in [-0.05, 0) is 49.2 Å². The zero-order valence-electron chi connectivity index (χ0n) is 12.3. The minimum Gasteiger partial charge on any atom is -0.492 e. The van der Waals surface area contributed by atoms with E-state index in [-0.39, 0.29) is 0 Å². The van der Waals surface area contributed by atoms with Crippen LogP contribution in [0.4, 0.5) is 5.69 Å². The van der Waals surface area contributed by atoms with E-state index in [0.717, 1.165) is 17.7 Å². The molecular weight excluding hydrogens is 284 g/mol. The van der Waals surface area contributed by atoms with E-state index in [2.05, 4.69) is 24.4 Å². The highest BCUT2D eigenvalue weighted by Gasteiger charge is 2.01. The van der Waals surface area contributed by atoms with Crippen LogP contribution in [0.1, 0.15) is 24.5 Å². The Balaban J connectivity index is 1.97. The predicted octanol–water partition coefficient (Wildman–Crippen LogP) is 4.88. The quantitative estimate of drug-likeness (QED) is 0.609. The number of nitrogens with zero attached hydrogens (tertiary/aromatic N) is 1. The van der Waals surface area contributed by atoms with Crippen molar-refractivity contribution in [2.24, 2.45) is 5.10 Å². The Hall–Kier alpha value is -2.00. The van der Waals surface area contributed by atoms with Crippen LogP contribution in [-0.2, 0) is 0 Å². The number of hydrogen-bond donors (Lipinski definition) is 1. The van der Waals surface area contributed by atoms with Crippen molar-refractivity contribution >= 4 is 23.5 Å². The van der Waals surface area contributed by atoms with Gasteiger partial charge in [0.1, 0.15) is 5.75 Å². The average Bonchev–Trinajstić information content (AvgIpc) is 2.48. The van der Waals surface area contributed by atoms with Gasteiger partial charge in [0.2, 0.25) is 0 Å². The molecule has 0 aliphatic carbocycles. The van der Waals surface area contributed by atoms with E-state index in [1.165, 1.54) is 5.56 Å². The van der Waals surface area contributed by atoms with Gasteiger partial charge in [0.15, 0.2) is 0 Å². The Kier molecular flexibility index (Phi) is 5.64. The van der Waals surface area contributed by atoms with Crippen molar-refractivity contribution in [3.63, 3.8) is 0 Å². The maximum atomic E-state index is 6.17. The zero-order chi connectivity index (χ0) is 15.1. The third kappa shape index (κ3) is 4.80. The van der Waals surface area contributed by atoms with E-state index in [1.807, 2.05) is 42.5 Å². The molecule has 0 amide bonds. The summed E-state index contributed by atoms with van der Waals surface area (Å²) in [6.07, 6.45) is 2.69. The van der Waals surface area contributed by atoms with E-state index in [1.54, 1.807) is 6.21 Å². The summed E-state index contributed by atoms with van der Waals surface area (Å²) in [5.41, 5.74) is 6.07. The first-order valence-corrected chi connectivity index (χ1v) is 7.35. The molecule has 0 saturated carbocycles. The number of rotatable bonds is 6. The van der Waals surface area contributed by atoms with Gasteiger partial charge in [-0.1, -0.05) is 36.2 Å². The maximum absolute atomic E-state index is 6.17. The standard InChI is InChI=1S/C17H19ClN2O/c1-3-10-21-17-9-6-14(11-16(17)18)12-19-20-15-7-4-13(2)5-8-15/h4-9,11-12,20H,3,10H2,1-2H3/b19-12+. The molecule has 2 aromatic carbocycles. The molecule has 0 atom stereocenters. The van der Waals surface area contributed by atoms with Crippen molar-refractivity contribution in [3.05, 3.63) is 58.6 Å². The Bertz CT molecular complexity index is 609. The van der Waals surface area contributed by atoms with E-state index >= 15 is 0 Å². The van der Waals surface area contributed by atoms with Gasteiger partial charge in [-0.15, -0.1) is 0 Å². The summed E-state index contributed by atoms with van der Waals surface area (Å²) in [6.45, 7) is 4.78. The summed E-state index contributed by atoms with van der Waals surface area (Å²) in [6, 6.07) is 13.7. The van der Waals surface area contributed by atoms with Crippen LogP contribution in [0.2, 0.25) is 5.02 Å². The van der Waals surface area contributed by atoms with Gasteiger partial charge < -0.3 is 4.74 Å². The van der Waals surface area contributed by atoms with Crippen molar-refractivity contribution in [2.45, 2.75) is 20.3 Å². The molecule has 110 valence electrons. The van der Waals surface area contributed by atoms with Crippen molar-refractivity contribution in [1.82, 2.24) is 0 Å². The molecule has 3 nitrogen and oxygen atoms in total. The SMILES string of the molecule is CCCOc1ccc(/C=N/Nc2ccc(C)cc2)cc1Cl. The first-order chi connectivity index (χ1) is 10.2. The van der Waals surface area contributed by atoms with Crippen LogP contribution in [0.3, 0.4) is 0 Å². The third-order valence-corrected chi connectivity index (χ3v) is 3.17. The molecule has 0 heterocycles. The molecule has 0 unspecified atom stereocenters. The summed E-state index contributed by atoms with van der Waals surface area (Å²) in [5, 5.41) is 4.80. The average molecular weight is 303 g/mol. The topological polar surface area (TPSA) is 33.6 Å². The fraction of sp³-hybridized carbons (Fsp3) is 0.235. The first-order valence-electron chi connectivity index (χ1n) is 6.97. The van der Waals surface area contributed by atoms with E-state index < -0.39 is 0 Å². The lowest BCUT2D eigenvalue weighted by Crippen LogP contribution is -1.96. The molecule has 0 saturated heterocycles. The number of benzene rings is 2. The number of ether oxygens (including phenoxy) is 1. The first kappa shape index (κ1) is 15.4. The molecular formula is C17H19ClN2O. The minimum absolute atomic E-state index is 0.600. The van der Waals surface area contributed by atoms with Crippen molar-refractivity contribution in [2.75, 3.05) is 12.0 Å². The van der Waals surface area contributed by atoms with Crippen molar-refractivity contribution in [3.8, 4) is 5.75 Å². The second kappa shape index (κ2) is 7.70. The molecule has 2 rings (SSSR count). The van der Waals surface area contributed by atoms with E-state index in [9.17, 15) is 0 Å². The summed E-state index contributed by atoms with van der Waals surface area (Å²) in [7, 11) is 0. The minimum atomic E-state index is 0.600. The van der Waals surface area contributed by atoms with E-state index in [0.29, 0.717) is 17.4 Å². The van der Waals surface area contributed by atoms with Crippen LogP contribution in [0, 0.1) is 6.92 Å². The number of aryl methyl sites for hydroxylation is 1. The van der Waals surface area contributed by atoms with Crippen LogP contribution in [0.15, 0.2) is 47.6 Å². The molecule has 21 heavy (non-hydrogen) atoms. The van der Waals surface area contributed by atoms with Gasteiger partial charge in [0, 0.05) is 0 Å². The smallest absolute Gasteiger partial charge is 0.137 e. The fourth-order valence-corrected chi connectivity index (χ4v) is 1.98. The molecule has 0 bridgehead atoms. The maximum Gasteiger partial charge on any atom is 0.137 e. The third-order valence-electron chi connectivity index (χ3n) is 2.88. The van der Waals surface area contributed by atoms with Crippen LogP contribution in [0.5, 0.6) is 5.75 Å². The second-order valence-corrected chi connectivity index (χ2v) is 5.18. The lowest BCUT2D eigenvalue weighted by molar-refractivity contribution is 0.317. The molecule has 0 radical (unpaired) electrons. The van der Waals surface area contributed by atoms with Gasteiger partial charge in [-0.2, -0.15) is 5.10 Å². The lowest BCUT2D eigenvalue weighted by Gasteiger charge is -2.07. The summed E-state index contributed by atoms with van der Waals surface area (Å²) < 4.78 is 5.53. The molecule has 2 aromatic rings. The summed E-state index contributed by atoms with van der Waals surface area (Å²) >= 11 is 6.17. The van der Waals surface area contributed by atoms with Crippen molar-refractivity contribution < 1.29 is 4.74 Å². The Labute approximate surface area is 130 Å². The van der Waals surface area contributed by atoms with Crippen LogP contribution in [0.25, 0.3) is 0 Å². The lowest BCUT2D eigenvalue weighted by atomic mass is 10.2. The fourth-order valence-electron chi connectivity index (χ4n) is 1.74. The number of anilines is 1. The molecule has 0 fully saturated rings. The highest BCUT2D eigenvalue weighted by Crippen LogP contribution is 2.25. The largest absolute Gasteiger partial charge is 0.492 e. The highest BCUT2D eigenvalue weighted by atomic mass is 35.5. The van der Waals surface area contributed by atoms with Crippen LogP contribution < -0.4 is 10.2 Å². The normalized spacial score (nSPS) is 10.8. The number of hydrazone groups is 1. The second-order valence-electron chi connectivity index (χ2n) is 4.77. The zero-order valence-corrected chi connectivity index (χ0v) is 13.0. The number of halogens is 1. The Morgan fingerprint density at radius 1 is 1.19 bits per heavy atom. The monoisotopic (exact) mass is 302 g/mol. The summed E-state index contributed by atoms with van der Waals surface area (Å²) in [4.78, 5) is 0. The molecule has 0 spiro atoms. The van der Waals surface area contributed by atoms with Gasteiger partial charge in [0.05, 0.1) is 23.5 Å². The van der Waals surface area contributed by atoms with Crippen LogP contribution >= 0.6 is 11.6 Å². The molecule has 1 N–H and O–H groups in total. The van der Waals surface area contributed by atoms with Gasteiger partial charge in [-0.25, -0.2) is 0 Å². The Morgan fingerprint density at radius 3 is 2.62 bits per heavy atom. The molecule has 4 heteroatoms. The molecule has 0 aliphatic heterocycles. The van der Waals surface area contributed by atoms with Crippen molar-refractivity contribution in [1.29, 1.82) is 0 Å². The van der Waals surface area contributed by atoms with Gasteiger partial charge >= 0.3 is 0 Å².